The first kappa shape index (κ1) is 20.7. The van der Waals surface area contributed by atoms with Crippen molar-refractivity contribution in [1.82, 2.24) is 0 Å². The smallest absolute Gasteiger partial charge is 0.298 e. The molecular weight excluding hydrogens is 432 g/mol. The molecule has 4 rings (SSSR count). The topological polar surface area (TPSA) is 70.4 Å². The lowest BCUT2D eigenvalue weighted by atomic mass is 10.1. The van der Waals surface area contributed by atoms with Gasteiger partial charge in [-0.05, 0) is 48.2 Å². The van der Waals surface area contributed by atoms with Crippen molar-refractivity contribution < 1.29 is 14.3 Å². The lowest BCUT2D eigenvalue weighted by Crippen LogP contribution is -2.27. The monoisotopic (exact) mass is 446 g/mol. The summed E-state index contributed by atoms with van der Waals surface area (Å²) in [4.78, 5) is 26.8. The molecule has 0 radical (unpaired) electrons. The Labute approximate surface area is 188 Å². The number of carbonyl (C=O) groups is 2. The summed E-state index contributed by atoms with van der Waals surface area (Å²) in [6, 6.07) is 23.2. The molecule has 0 unspecified atom stereocenters. The minimum Gasteiger partial charge on any atom is -0.488 e. The summed E-state index contributed by atoms with van der Waals surface area (Å²) in [7, 11) is 0. The number of rotatable bonds is 5. The van der Waals surface area contributed by atoms with E-state index in [9.17, 15) is 14.9 Å². The lowest BCUT2D eigenvalue weighted by molar-refractivity contribution is -0.113. The van der Waals surface area contributed by atoms with E-state index in [-0.39, 0.29) is 11.8 Å². The van der Waals surface area contributed by atoms with Crippen LogP contribution in [0.2, 0.25) is 5.02 Å². The van der Waals surface area contributed by atoms with Crippen LogP contribution in [0.1, 0.15) is 16.7 Å². The van der Waals surface area contributed by atoms with E-state index in [2.05, 4.69) is 6.07 Å². The number of imide groups is 1. The van der Waals surface area contributed by atoms with Crippen molar-refractivity contribution >= 4 is 46.3 Å². The summed E-state index contributed by atoms with van der Waals surface area (Å²) in [5.74, 6) is 0.131. The fourth-order valence-electron chi connectivity index (χ4n) is 3.09. The molecule has 1 aliphatic rings. The van der Waals surface area contributed by atoms with E-state index < -0.39 is 5.91 Å². The van der Waals surface area contributed by atoms with Gasteiger partial charge in [0.1, 0.15) is 12.4 Å². The van der Waals surface area contributed by atoms with Crippen LogP contribution < -0.4 is 9.64 Å². The van der Waals surface area contributed by atoms with Crippen LogP contribution >= 0.6 is 23.4 Å². The second-order valence-electron chi connectivity index (χ2n) is 6.59. The van der Waals surface area contributed by atoms with Gasteiger partial charge < -0.3 is 4.74 Å². The predicted octanol–water partition coefficient (Wildman–Crippen LogP) is 6.03. The van der Waals surface area contributed by atoms with Gasteiger partial charge in [0.25, 0.3) is 11.1 Å². The molecule has 7 heteroatoms. The molecular formula is C24H15ClN2O3S. The third-order valence-corrected chi connectivity index (χ3v) is 5.69. The van der Waals surface area contributed by atoms with Crippen LogP contribution in [-0.4, -0.2) is 11.1 Å². The fourth-order valence-corrected chi connectivity index (χ4v) is 4.11. The van der Waals surface area contributed by atoms with Crippen LogP contribution in [0.3, 0.4) is 0 Å². The summed E-state index contributed by atoms with van der Waals surface area (Å²) in [5.41, 5.74) is 2.40. The van der Waals surface area contributed by atoms with Crippen molar-refractivity contribution in [2.75, 3.05) is 4.90 Å². The van der Waals surface area contributed by atoms with Gasteiger partial charge in [0.2, 0.25) is 0 Å². The zero-order valence-corrected chi connectivity index (χ0v) is 17.7. The number of nitrogens with zero attached hydrogens (tertiary/aromatic N) is 2. The molecule has 1 fully saturated rings. The highest BCUT2D eigenvalue weighted by Crippen LogP contribution is 2.37. The minimum absolute atomic E-state index is 0.207. The van der Waals surface area contributed by atoms with Gasteiger partial charge in [0.05, 0.1) is 22.2 Å². The number of halogens is 1. The maximum atomic E-state index is 12.9. The molecule has 0 bridgehead atoms. The van der Waals surface area contributed by atoms with Crippen LogP contribution in [0.4, 0.5) is 10.5 Å². The first-order chi connectivity index (χ1) is 15.1. The first-order valence-corrected chi connectivity index (χ1v) is 10.5. The van der Waals surface area contributed by atoms with Crippen LogP contribution in [0.25, 0.3) is 6.08 Å². The van der Waals surface area contributed by atoms with Crippen molar-refractivity contribution in [3.8, 4) is 11.8 Å². The first-order valence-electron chi connectivity index (χ1n) is 9.30. The van der Waals surface area contributed by atoms with Gasteiger partial charge in [-0.2, -0.15) is 5.26 Å². The highest BCUT2D eigenvalue weighted by atomic mass is 35.5. The quantitative estimate of drug-likeness (QED) is 0.447. The van der Waals surface area contributed by atoms with Crippen molar-refractivity contribution in [2.24, 2.45) is 0 Å². The van der Waals surface area contributed by atoms with Crippen LogP contribution in [-0.2, 0) is 11.4 Å². The molecule has 0 saturated carbocycles. The highest BCUT2D eigenvalue weighted by Gasteiger charge is 2.36. The number of hydrogen-bond donors (Lipinski definition) is 0. The molecule has 152 valence electrons. The zero-order chi connectivity index (χ0) is 21.8. The second-order valence-corrected chi connectivity index (χ2v) is 8.02. The fraction of sp³-hybridized carbons (Fsp3) is 0.0417. The lowest BCUT2D eigenvalue weighted by Gasteiger charge is -2.12. The molecule has 0 aromatic heterocycles. The third-order valence-electron chi connectivity index (χ3n) is 4.59. The van der Waals surface area contributed by atoms with Gasteiger partial charge in [-0.3, -0.25) is 9.59 Å². The summed E-state index contributed by atoms with van der Waals surface area (Å²) in [5, 5.41) is 9.30. The summed E-state index contributed by atoms with van der Waals surface area (Å²) in [6.07, 6.45) is 1.64. The normalized spacial score (nSPS) is 14.7. The van der Waals surface area contributed by atoms with Gasteiger partial charge in [-0.25, -0.2) is 4.90 Å². The predicted molar refractivity (Wildman–Crippen MR) is 122 cm³/mol. The van der Waals surface area contributed by atoms with E-state index in [1.165, 1.54) is 0 Å². The summed E-state index contributed by atoms with van der Waals surface area (Å²) in [6.45, 7) is 0.207. The molecule has 3 aromatic rings. The van der Waals surface area contributed by atoms with E-state index in [0.717, 1.165) is 22.2 Å². The van der Waals surface area contributed by atoms with Crippen molar-refractivity contribution in [3.63, 3.8) is 0 Å². The van der Waals surface area contributed by atoms with E-state index in [0.29, 0.717) is 32.5 Å². The number of anilines is 1. The number of benzene rings is 3. The highest BCUT2D eigenvalue weighted by molar-refractivity contribution is 8.19. The maximum absolute atomic E-state index is 12.9. The average Bonchev–Trinajstić information content (AvgIpc) is 3.06. The number of ether oxygens (including phenoxy) is 1. The van der Waals surface area contributed by atoms with E-state index >= 15 is 0 Å². The second kappa shape index (κ2) is 9.09. The Hall–Kier alpha value is -3.53. The number of hydrogen-bond acceptors (Lipinski definition) is 5. The van der Waals surface area contributed by atoms with Gasteiger partial charge >= 0.3 is 0 Å². The molecule has 31 heavy (non-hydrogen) atoms. The molecule has 2 amide bonds. The van der Waals surface area contributed by atoms with Crippen molar-refractivity contribution in [1.29, 1.82) is 5.26 Å². The van der Waals surface area contributed by atoms with Crippen LogP contribution in [0, 0.1) is 11.3 Å². The molecule has 1 saturated heterocycles. The largest absolute Gasteiger partial charge is 0.488 e. The number of thioether (sulfide) groups is 1. The van der Waals surface area contributed by atoms with E-state index in [1.807, 2.05) is 24.3 Å². The molecule has 0 atom stereocenters. The Kier molecular flexibility index (Phi) is 6.08. The van der Waals surface area contributed by atoms with Gasteiger partial charge in [-0.1, -0.05) is 54.1 Å². The Morgan fingerprint density at radius 3 is 2.61 bits per heavy atom. The molecule has 0 N–H and O–H groups in total. The summed E-state index contributed by atoms with van der Waals surface area (Å²) >= 11 is 6.87. The Balaban J connectivity index is 1.59. The minimum atomic E-state index is -0.415. The zero-order valence-electron chi connectivity index (χ0n) is 16.1. The molecule has 5 nitrogen and oxygen atoms in total. The molecule has 0 aliphatic carbocycles. The number of carbonyl (C=O) groups excluding carboxylic acids is 2. The van der Waals surface area contributed by atoms with Crippen molar-refractivity contribution in [3.05, 3.63) is 99.4 Å². The molecule has 1 heterocycles. The number of amides is 2. The molecule has 3 aromatic carbocycles. The summed E-state index contributed by atoms with van der Waals surface area (Å²) < 4.78 is 5.93. The van der Waals surface area contributed by atoms with E-state index in [4.69, 9.17) is 16.3 Å². The van der Waals surface area contributed by atoms with E-state index in [1.54, 1.807) is 54.6 Å². The van der Waals surface area contributed by atoms with Crippen LogP contribution in [0.15, 0.2) is 77.7 Å². The molecule has 0 spiro atoms. The van der Waals surface area contributed by atoms with Crippen LogP contribution in [0.5, 0.6) is 5.75 Å². The standard InChI is InChI=1S/C24H15ClN2O3S/c25-19-9-5-10-20(13-19)27-23(28)22(31-24(27)29)12-16-6-3-4-11-21(16)30-15-18-8-2-1-7-17(18)14-26/h1-13H,15H2. The third kappa shape index (κ3) is 4.48. The Bertz CT molecular complexity index is 1250. The Morgan fingerprint density at radius 1 is 1.03 bits per heavy atom. The van der Waals surface area contributed by atoms with Crippen molar-refractivity contribution in [2.45, 2.75) is 6.61 Å². The SMILES string of the molecule is N#Cc1ccccc1COc1ccccc1C=C1SC(=O)N(c2cccc(Cl)c2)C1=O. The maximum Gasteiger partial charge on any atom is 0.298 e. The number of nitriles is 1. The van der Waals surface area contributed by atoms with Gasteiger partial charge in [-0.15, -0.1) is 0 Å². The number of para-hydroxylation sites is 1. The van der Waals surface area contributed by atoms with Gasteiger partial charge in [0, 0.05) is 16.1 Å². The average molecular weight is 447 g/mol. The molecule has 1 aliphatic heterocycles. The Morgan fingerprint density at radius 2 is 1.81 bits per heavy atom. The van der Waals surface area contributed by atoms with Gasteiger partial charge in [0.15, 0.2) is 0 Å².